The highest BCUT2D eigenvalue weighted by molar-refractivity contribution is 8.01. The number of aromatic nitrogens is 2. The summed E-state index contributed by atoms with van der Waals surface area (Å²) in [6.07, 6.45) is 0. The van der Waals surface area contributed by atoms with Crippen molar-refractivity contribution in [1.82, 2.24) is 15.5 Å². The summed E-state index contributed by atoms with van der Waals surface area (Å²) in [6, 6.07) is 17.1. The van der Waals surface area contributed by atoms with Gasteiger partial charge in [-0.2, -0.15) is 0 Å². The predicted molar refractivity (Wildman–Crippen MR) is 108 cm³/mol. The average molecular weight is 405 g/mol. The van der Waals surface area contributed by atoms with Gasteiger partial charge in [0.1, 0.15) is 0 Å². The summed E-state index contributed by atoms with van der Waals surface area (Å²) in [5.41, 5.74) is 1.85. The minimum atomic E-state index is -0.151. The summed E-state index contributed by atoms with van der Waals surface area (Å²) in [6.45, 7) is 1.91. The maximum atomic E-state index is 12.2. The minimum Gasteiger partial charge on any atom is -0.349 e. The molecule has 1 atom stereocenters. The number of hydrogen-bond donors (Lipinski definition) is 2. The molecule has 2 aromatic carbocycles. The average Bonchev–Trinajstić information content (AvgIpc) is 3.08. The van der Waals surface area contributed by atoms with E-state index in [9.17, 15) is 4.79 Å². The van der Waals surface area contributed by atoms with E-state index in [1.807, 2.05) is 61.5 Å². The van der Waals surface area contributed by atoms with Gasteiger partial charge in [0, 0.05) is 10.7 Å². The van der Waals surface area contributed by atoms with Gasteiger partial charge in [-0.05, 0) is 30.7 Å². The number of amides is 1. The molecule has 1 heterocycles. The van der Waals surface area contributed by atoms with Crippen LogP contribution in [-0.2, 0) is 4.79 Å². The van der Waals surface area contributed by atoms with Gasteiger partial charge in [-0.1, -0.05) is 71.1 Å². The van der Waals surface area contributed by atoms with Gasteiger partial charge in [0.2, 0.25) is 11.0 Å². The van der Waals surface area contributed by atoms with E-state index in [0.717, 1.165) is 15.6 Å². The van der Waals surface area contributed by atoms with Gasteiger partial charge in [0.25, 0.3) is 0 Å². The highest BCUT2D eigenvalue weighted by Crippen LogP contribution is 2.28. The number of nitrogens with one attached hydrogen (secondary N) is 2. The lowest BCUT2D eigenvalue weighted by Gasteiger charge is -2.15. The van der Waals surface area contributed by atoms with Crippen LogP contribution < -0.4 is 10.6 Å². The molecule has 0 saturated heterocycles. The predicted octanol–water partition coefficient (Wildman–Crippen LogP) is 4.90. The van der Waals surface area contributed by atoms with E-state index < -0.39 is 0 Å². The number of rotatable bonds is 7. The van der Waals surface area contributed by atoms with Crippen LogP contribution in [0.3, 0.4) is 0 Å². The number of carbonyl (C=O) groups excluding carboxylic acids is 1. The fourth-order valence-corrected chi connectivity index (χ4v) is 4.16. The summed E-state index contributed by atoms with van der Waals surface area (Å²) in [5.74, 6) is 0.199. The summed E-state index contributed by atoms with van der Waals surface area (Å²) in [5, 5.41) is 15.7. The van der Waals surface area contributed by atoms with Crippen LogP contribution in [0.25, 0.3) is 0 Å². The Labute approximate surface area is 165 Å². The second-order valence-electron chi connectivity index (χ2n) is 5.46. The molecule has 0 aliphatic rings. The molecule has 0 radical (unpaired) electrons. The number of halogens is 1. The molecule has 5 nitrogen and oxygen atoms in total. The van der Waals surface area contributed by atoms with Crippen molar-refractivity contribution in [2.45, 2.75) is 17.3 Å². The third-order valence-corrected chi connectivity index (χ3v) is 5.82. The Morgan fingerprint density at radius 3 is 2.65 bits per heavy atom. The lowest BCUT2D eigenvalue weighted by Crippen LogP contribution is -2.28. The lowest BCUT2D eigenvalue weighted by molar-refractivity contribution is -0.119. The zero-order valence-electron chi connectivity index (χ0n) is 14.0. The van der Waals surface area contributed by atoms with Crippen molar-refractivity contribution in [3.8, 4) is 0 Å². The van der Waals surface area contributed by atoms with Crippen LogP contribution in [0.2, 0.25) is 5.02 Å². The molecule has 1 aromatic heterocycles. The maximum Gasteiger partial charge on any atom is 0.230 e. The topological polar surface area (TPSA) is 66.9 Å². The molecule has 0 saturated carbocycles. The summed E-state index contributed by atoms with van der Waals surface area (Å²) < 4.78 is 0.740. The quantitative estimate of drug-likeness (QED) is 0.548. The molecule has 8 heteroatoms. The third-order valence-electron chi connectivity index (χ3n) is 3.51. The number of para-hydroxylation sites is 1. The Morgan fingerprint density at radius 1 is 1.15 bits per heavy atom. The molecule has 1 amide bonds. The molecule has 3 aromatic rings. The highest BCUT2D eigenvalue weighted by Gasteiger charge is 2.13. The number of hydrogen-bond acceptors (Lipinski definition) is 6. The van der Waals surface area contributed by atoms with Crippen molar-refractivity contribution in [3.63, 3.8) is 0 Å². The molecule has 0 unspecified atom stereocenters. The zero-order chi connectivity index (χ0) is 18.4. The fourth-order valence-electron chi connectivity index (χ4n) is 2.28. The van der Waals surface area contributed by atoms with Crippen LogP contribution in [0, 0.1) is 0 Å². The Hall–Kier alpha value is -2.09. The second kappa shape index (κ2) is 9.02. The summed E-state index contributed by atoms with van der Waals surface area (Å²) in [4.78, 5) is 12.2. The van der Waals surface area contributed by atoms with E-state index in [4.69, 9.17) is 11.6 Å². The van der Waals surface area contributed by atoms with Crippen LogP contribution in [0.4, 0.5) is 10.8 Å². The van der Waals surface area contributed by atoms with Crippen molar-refractivity contribution >= 4 is 51.4 Å². The smallest absolute Gasteiger partial charge is 0.230 e. The van der Waals surface area contributed by atoms with E-state index in [-0.39, 0.29) is 17.7 Å². The molecule has 134 valence electrons. The van der Waals surface area contributed by atoms with Crippen molar-refractivity contribution in [2.24, 2.45) is 0 Å². The van der Waals surface area contributed by atoms with E-state index in [2.05, 4.69) is 20.8 Å². The lowest BCUT2D eigenvalue weighted by atomic mass is 10.1. The fraction of sp³-hybridized carbons (Fsp3) is 0.167. The standard InChI is InChI=1S/C18H17ClN4OS2/c1-12(14-9-5-6-10-15(14)19)20-16(24)11-25-18-23-22-17(26-18)21-13-7-3-2-4-8-13/h2-10,12H,11H2,1H3,(H,20,24)(H,21,22)/t12-/m1/s1. The van der Waals surface area contributed by atoms with Gasteiger partial charge in [-0.15, -0.1) is 10.2 Å². The largest absolute Gasteiger partial charge is 0.349 e. The Morgan fingerprint density at radius 2 is 1.88 bits per heavy atom. The molecule has 2 N–H and O–H groups in total. The van der Waals surface area contributed by atoms with Gasteiger partial charge in [-0.25, -0.2) is 0 Å². The highest BCUT2D eigenvalue weighted by atomic mass is 35.5. The molecular weight excluding hydrogens is 388 g/mol. The van der Waals surface area contributed by atoms with Crippen molar-refractivity contribution in [2.75, 3.05) is 11.1 Å². The first-order chi connectivity index (χ1) is 12.6. The zero-order valence-corrected chi connectivity index (χ0v) is 16.4. The molecule has 26 heavy (non-hydrogen) atoms. The van der Waals surface area contributed by atoms with E-state index in [1.54, 1.807) is 0 Å². The number of anilines is 2. The van der Waals surface area contributed by atoms with Gasteiger partial charge in [0.15, 0.2) is 4.34 Å². The first-order valence-electron chi connectivity index (χ1n) is 7.94. The van der Waals surface area contributed by atoms with E-state index in [1.165, 1.54) is 23.1 Å². The van der Waals surface area contributed by atoms with Crippen molar-refractivity contribution < 1.29 is 4.79 Å². The van der Waals surface area contributed by atoms with Crippen LogP contribution in [0.5, 0.6) is 0 Å². The van der Waals surface area contributed by atoms with Crippen LogP contribution in [-0.4, -0.2) is 21.9 Å². The number of nitrogens with zero attached hydrogens (tertiary/aromatic N) is 2. The summed E-state index contributed by atoms with van der Waals surface area (Å²) >= 11 is 8.94. The first kappa shape index (κ1) is 18.7. The monoisotopic (exact) mass is 404 g/mol. The first-order valence-corrected chi connectivity index (χ1v) is 10.1. The molecular formula is C18H17ClN4OS2. The SMILES string of the molecule is C[C@@H](NC(=O)CSc1nnc(Nc2ccccc2)s1)c1ccccc1Cl. The minimum absolute atomic E-state index is 0.0739. The van der Waals surface area contributed by atoms with E-state index in [0.29, 0.717) is 10.2 Å². The van der Waals surface area contributed by atoms with Gasteiger partial charge < -0.3 is 10.6 Å². The van der Waals surface area contributed by atoms with Crippen LogP contribution in [0.1, 0.15) is 18.5 Å². The molecule has 0 fully saturated rings. The van der Waals surface area contributed by atoms with Gasteiger partial charge >= 0.3 is 0 Å². The molecule has 0 spiro atoms. The normalized spacial score (nSPS) is 11.8. The number of benzene rings is 2. The Balaban J connectivity index is 1.50. The molecule has 0 aliphatic carbocycles. The van der Waals surface area contributed by atoms with Crippen LogP contribution >= 0.6 is 34.7 Å². The van der Waals surface area contributed by atoms with E-state index >= 15 is 0 Å². The van der Waals surface area contributed by atoms with Crippen LogP contribution in [0.15, 0.2) is 58.9 Å². The Kier molecular flexibility index (Phi) is 6.49. The third kappa shape index (κ3) is 5.20. The molecule has 0 aliphatic heterocycles. The number of thioether (sulfide) groups is 1. The molecule has 0 bridgehead atoms. The summed E-state index contributed by atoms with van der Waals surface area (Å²) in [7, 11) is 0. The molecule has 3 rings (SSSR count). The maximum absolute atomic E-state index is 12.2. The number of carbonyl (C=O) groups is 1. The van der Waals surface area contributed by atoms with Crippen molar-refractivity contribution in [1.29, 1.82) is 0 Å². The van der Waals surface area contributed by atoms with Gasteiger partial charge in [0.05, 0.1) is 11.8 Å². The second-order valence-corrected chi connectivity index (χ2v) is 8.07. The van der Waals surface area contributed by atoms with Gasteiger partial charge in [-0.3, -0.25) is 4.79 Å². The van der Waals surface area contributed by atoms with Crippen molar-refractivity contribution in [3.05, 3.63) is 65.2 Å². The Bertz CT molecular complexity index is 872.